The molecule has 2 aromatic heterocycles. The van der Waals surface area contributed by atoms with Crippen molar-refractivity contribution in [3.05, 3.63) is 28.5 Å². The molecule has 112 valence electrons. The molecule has 0 radical (unpaired) electrons. The first-order valence-corrected chi connectivity index (χ1v) is 8.29. The van der Waals surface area contributed by atoms with Crippen LogP contribution in [0.5, 0.6) is 0 Å². The minimum atomic E-state index is -0.209. The number of aromatic nitrogens is 1. The van der Waals surface area contributed by atoms with E-state index in [0.29, 0.717) is 6.61 Å². The summed E-state index contributed by atoms with van der Waals surface area (Å²) in [6.45, 7) is 4.31. The van der Waals surface area contributed by atoms with Crippen molar-refractivity contribution in [2.75, 3.05) is 6.61 Å². The van der Waals surface area contributed by atoms with Gasteiger partial charge in [-0.1, -0.05) is 6.92 Å². The number of thiazole rings is 1. The Hall–Kier alpha value is -1.62. The third kappa shape index (κ3) is 2.75. The first-order chi connectivity index (χ1) is 10.2. The fraction of sp³-hybridized carbons (Fsp3) is 0.500. The number of ether oxygens (including phenoxy) is 1. The molecule has 3 rings (SSSR count). The Morgan fingerprint density at radius 3 is 3.05 bits per heavy atom. The molecule has 0 fully saturated rings. The predicted octanol–water partition coefficient (Wildman–Crippen LogP) is 3.95. The second-order valence-electron chi connectivity index (χ2n) is 5.14. The van der Waals surface area contributed by atoms with E-state index >= 15 is 0 Å². The van der Waals surface area contributed by atoms with Gasteiger partial charge >= 0.3 is 5.97 Å². The Bertz CT molecular complexity index is 644. The van der Waals surface area contributed by atoms with Gasteiger partial charge in [0.25, 0.3) is 0 Å². The van der Waals surface area contributed by atoms with Gasteiger partial charge in [0.2, 0.25) is 0 Å². The van der Waals surface area contributed by atoms with Crippen LogP contribution in [0.1, 0.15) is 48.9 Å². The highest BCUT2D eigenvalue weighted by Gasteiger charge is 2.31. The summed E-state index contributed by atoms with van der Waals surface area (Å²) in [5.41, 5.74) is 0.897. The van der Waals surface area contributed by atoms with Crippen LogP contribution in [0.15, 0.2) is 16.5 Å². The van der Waals surface area contributed by atoms with Gasteiger partial charge in [0.1, 0.15) is 11.7 Å². The highest BCUT2D eigenvalue weighted by atomic mass is 32.1. The van der Waals surface area contributed by atoms with E-state index in [4.69, 9.17) is 9.15 Å². The van der Waals surface area contributed by atoms with E-state index in [1.807, 2.05) is 19.1 Å². The summed E-state index contributed by atoms with van der Waals surface area (Å²) in [6, 6.07) is 3.95. The van der Waals surface area contributed by atoms with Crippen molar-refractivity contribution in [2.45, 2.75) is 45.4 Å². The predicted molar refractivity (Wildman–Crippen MR) is 81.5 cm³/mol. The maximum atomic E-state index is 12.1. The summed E-state index contributed by atoms with van der Waals surface area (Å²) in [6.07, 6.45) is 3.70. The third-order valence-corrected chi connectivity index (χ3v) is 4.89. The molecule has 1 unspecified atom stereocenters. The van der Waals surface area contributed by atoms with Gasteiger partial charge < -0.3 is 9.15 Å². The van der Waals surface area contributed by atoms with Crippen molar-refractivity contribution in [1.29, 1.82) is 0 Å². The number of carbonyl (C=O) groups is 1. The van der Waals surface area contributed by atoms with Crippen LogP contribution in [0.4, 0.5) is 0 Å². The van der Waals surface area contributed by atoms with E-state index in [2.05, 4.69) is 11.9 Å². The Balaban J connectivity index is 1.92. The number of nitrogens with zero attached hydrogens (tertiary/aromatic N) is 1. The topological polar surface area (TPSA) is 52.3 Å². The van der Waals surface area contributed by atoms with E-state index < -0.39 is 0 Å². The fourth-order valence-electron chi connectivity index (χ4n) is 2.68. The molecular formula is C16H19NO3S. The maximum Gasteiger partial charge on any atom is 0.315 e. The molecule has 0 N–H and O–H groups in total. The van der Waals surface area contributed by atoms with Gasteiger partial charge in [0.15, 0.2) is 10.8 Å². The molecule has 0 bridgehead atoms. The molecule has 0 spiro atoms. The van der Waals surface area contributed by atoms with E-state index in [1.165, 1.54) is 4.88 Å². The smallest absolute Gasteiger partial charge is 0.315 e. The van der Waals surface area contributed by atoms with Crippen LogP contribution < -0.4 is 0 Å². The molecule has 21 heavy (non-hydrogen) atoms. The lowest BCUT2D eigenvalue weighted by Gasteiger charge is -2.19. The molecule has 4 nitrogen and oxygen atoms in total. The van der Waals surface area contributed by atoms with Gasteiger partial charge in [-0.05, 0) is 38.3 Å². The monoisotopic (exact) mass is 305 g/mol. The van der Waals surface area contributed by atoms with E-state index in [9.17, 15) is 4.79 Å². The Morgan fingerprint density at radius 2 is 2.33 bits per heavy atom. The van der Waals surface area contributed by atoms with E-state index in [1.54, 1.807) is 11.3 Å². The Morgan fingerprint density at radius 1 is 1.48 bits per heavy atom. The summed E-state index contributed by atoms with van der Waals surface area (Å²) in [5, 5.41) is 0.871. The number of rotatable bonds is 4. The summed E-state index contributed by atoms with van der Waals surface area (Å²) in [4.78, 5) is 18.0. The van der Waals surface area contributed by atoms with E-state index in [0.717, 1.165) is 47.9 Å². The number of hydrogen-bond acceptors (Lipinski definition) is 5. The SMILES string of the molecule is CCOC(=O)C1CCCc2sc(-c3ccc(CC)o3)nc21. The Kier molecular flexibility index (Phi) is 4.10. The summed E-state index contributed by atoms with van der Waals surface area (Å²) in [5.74, 6) is 1.40. The van der Waals surface area contributed by atoms with Gasteiger partial charge in [0.05, 0.1) is 12.3 Å². The van der Waals surface area contributed by atoms with Crippen molar-refractivity contribution in [3.8, 4) is 10.8 Å². The number of hydrogen-bond donors (Lipinski definition) is 0. The molecule has 0 saturated heterocycles. The zero-order valence-electron chi connectivity index (χ0n) is 12.3. The quantitative estimate of drug-likeness (QED) is 0.803. The highest BCUT2D eigenvalue weighted by Crippen LogP contribution is 2.39. The molecule has 2 aromatic rings. The van der Waals surface area contributed by atoms with Crippen molar-refractivity contribution in [3.63, 3.8) is 0 Å². The van der Waals surface area contributed by atoms with Crippen LogP contribution in [0.3, 0.4) is 0 Å². The van der Waals surface area contributed by atoms with Crippen LogP contribution in [0.25, 0.3) is 10.8 Å². The molecule has 0 aliphatic heterocycles. The molecule has 0 saturated carbocycles. The van der Waals surface area contributed by atoms with Crippen LogP contribution in [-0.4, -0.2) is 17.6 Å². The molecular weight excluding hydrogens is 286 g/mol. The number of aryl methyl sites for hydroxylation is 2. The molecule has 0 aromatic carbocycles. The second kappa shape index (κ2) is 6.02. The molecule has 1 aliphatic carbocycles. The van der Waals surface area contributed by atoms with Crippen molar-refractivity contribution in [2.24, 2.45) is 0 Å². The second-order valence-corrected chi connectivity index (χ2v) is 6.23. The lowest BCUT2D eigenvalue weighted by Crippen LogP contribution is -2.20. The van der Waals surface area contributed by atoms with Crippen LogP contribution in [0, 0.1) is 0 Å². The third-order valence-electron chi connectivity index (χ3n) is 3.75. The number of carbonyl (C=O) groups excluding carboxylic acids is 1. The fourth-order valence-corrected chi connectivity index (χ4v) is 3.81. The zero-order chi connectivity index (χ0) is 14.8. The normalized spacial score (nSPS) is 17.5. The number of fused-ring (bicyclic) bond motifs is 1. The lowest BCUT2D eigenvalue weighted by atomic mass is 9.91. The highest BCUT2D eigenvalue weighted by molar-refractivity contribution is 7.15. The molecule has 1 atom stereocenters. The van der Waals surface area contributed by atoms with Crippen molar-refractivity contribution >= 4 is 17.3 Å². The average Bonchev–Trinajstić information content (AvgIpc) is 3.13. The van der Waals surface area contributed by atoms with E-state index in [-0.39, 0.29) is 11.9 Å². The zero-order valence-corrected chi connectivity index (χ0v) is 13.2. The summed E-state index contributed by atoms with van der Waals surface area (Å²) in [7, 11) is 0. The number of esters is 1. The van der Waals surface area contributed by atoms with Gasteiger partial charge in [-0.2, -0.15) is 0 Å². The summed E-state index contributed by atoms with van der Waals surface area (Å²) >= 11 is 1.64. The Labute approximate surface area is 128 Å². The van der Waals surface area contributed by atoms with Crippen LogP contribution >= 0.6 is 11.3 Å². The van der Waals surface area contributed by atoms with Gasteiger partial charge in [0, 0.05) is 11.3 Å². The van der Waals surface area contributed by atoms with Crippen LogP contribution in [-0.2, 0) is 22.4 Å². The summed E-state index contributed by atoms with van der Waals surface area (Å²) < 4.78 is 10.9. The minimum absolute atomic E-state index is 0.149. The van der Waals surface area contributed by atoms with Gasteiger partial charge in [-0.3, -0.25) is 4.79 Å². The first kappa shape index (κ1) is 14.3. The first-order valence-electron chi connectivity index (χ1n) is 7.48. The molecule has 0 amide bonds. The number of furan rings is 1. The molecule has 2 heterocycles. The molecule has 5 heteroatoms. The van der Waals surface area contributed by atoms with Gasteiger partial charge in [-0.15, -0.1) is 11.3 Å². The largest absolute Gasteiger partial charge is 0.465 e. The van der Waals surface area contributed by atoms with Crippen LogP contribution in [0.2, 0.25) is 0 Å². The standard InChI is InChI=1S/C16H19NO3S/c1-3-10-8-9-12(20-10)15-17-14-11(16(18)19-4-2)6-5-7-13(14)21-15/h8-9,11H,3-7H2,1-2H3. The van der Waals surface area contributed by atoms with Crippen molar-refractivity contribution in [1.82, 2.24) is 4.98 Å². The lowest BCUT2D eigenvalue weighted by molar-refractivity contribution is -0.145. The van der Waals surface area contributed by atoms with Gasteiger partial charge in [-0.25, -0.2) is 4.98 Å². The minimum Gasteiger partial charge on any atom is -0.465 e. The average molecular weight is 305 g/mol. The van der Waals surface area contributed by atoms with Crippen molar-refractivity contribution < 1.29 is 13.9 Å². The maximum absolute atomic E-state index is 12.1. The molecule has 1 aliphatic rings.